The van der Waals surface area contributed by atoms with Crippen LogP contribution in [0.25, 0.3) is 0 Å². The van der Waals surface area contributed by atoms with Crippen LogP contribution in [0.3, 0.4) is 0 Å². The molecule has 6 nitrogen and oxygen atoms in total. The van der Waals surface area contributed by atoms with E-state index in [1.807, 2.05) is 0 Å². The van der Waals surface area contributed by atoms with Crippen LogP contribution in [0.15, 0.2) is 18.2 Å². The second-order valence-corrected chi connectivity index (χ2v) is 4.91. The molecular formula is C14H15F2NO5. The van der Waals surface area contributed by atoms with Gasteiger partial charge in [-0.15, -0.1) is 0 Å². The van der Waals surface area contributed by atoms with Gasteiger partial charge in [0.15, 0.2) is 18.2 Å². The number of aliphatic carboxylic acids is 1. The second-order valence-electron chi connectivity index (χ2n) is 4.91. The second kappa shape index (κ2) is 6.69. The zero-order chi connectivity index (χ0) is 16.2. The molecule has 1 saturated heterocycles. The molecule has 0 radical (unpaired) electrons. The van der Waals surface area contributed by atoms with Gasteiger partial charge in [-0.25, -0.2) is 13.6 Å². The monoisotopic (exact) mass is 315 g/mol. The Kier molecular flexibility index (Phi) is 4.92. The van der Waals surface area contributed by atoms with E-state index in [2.05, 4.69) is 5.32 Å². The van der Waals surface area contributed by atoms with E-state index in [4.69, 9.17) is 9.47 Å². The summed E-state index contributed by atoms with van der Waals surface area (Å²) in [5, 5.41) is 11.7. The fraction of sp³-hybridized carbons (Fsp3) is 0.429. The molecule has 0 aliphatic carbocycles. The Morgan fingerprint density at radius 3 is 2.59 bits per heavy atom. The van der Waals surface area contributed by atoms with Crippen molar-refractivity contribution < 1.29 is 33.0 Å². The highest BCUT2D eigenvalue weighted by atomic mass is 19.1. The van der Waals surface area contributed by atoms with Crippen LogP contribution in [0.4, 0.5) is 8.78 Å². The number of amides is 1. The van der Waals surface area contributed by atoms with Gasteiger partial charge in [0.25, 0.3) is 5.91 Å². The van der Waals surface area contributed by atoms with Gasteiger partial charge >= 0.3 is 5.97 Å². The maximum absolute atomic E-state index is 13.4. The maximum atomic E-state index is 13.4. The number of hydrogen-bond donors (Lipinski definition) is 2. The first kappa shape index (κ1) is 16.2. The molecule has 0 unspecified atom stereocenters. The first-order chi connectivity index (χ1) is 10.4. The number of halogens is 2. The summed E-state index contributed by atoms with van der Waals surface area (Å²) in [5.74, 6) is -3.84. The quantitative estimate of drug-likeness (QED) is 0.850. The van der Waals surface area contributed by atoms with E-state index in [1.165, 1.54) is 0 Å². The third kappa shape index (κ3) is 3.70. The fourth-order valence-electron chi connectivity index (χ4n) is 2.15. The lowest BCUT2D eigenvalue weighted by Gasteiger charge is -2.33. The number of hydrogen-bond acceptors (Lipinski definition) is 4. The standard InChI is InChI=1S/C14H15F2NO5/c15-9-1-2-11(10(16)7-9)22-8-12(18)17-14(13(19)20)3-5-21-6-4-14/h1-2,7H,3-6,8H2,(H,17,18)(H,19,20). The van der Waals surface area contributed by atoms with Crippen molar-refractivity contribution in [2.24, 2.45) is 0 Å². The molecule has 1 aromatic carbocycles. The summed E-state index contributed by atoms with van der Waals surface area (Å²) in [7, 11) is 0. The molecule has 120 valence electrons. The number of nitrogens with one attached hydrogen (secondary N) is 1. The van der Waals surface area contributed by atoms with Crippen molar-refractivity contribution in [1.82, 2.24) is 5.32 Å². The molecule has 1 heterocycles. The number of ether oxygens (including phenoxy) is 2. The van der Waals surface area contributed by atoms with Crippen LogP contribution in [0.2, 0.25) is 0 Å². The number of carbonyl (C=O) groups is 2. The van der Waals surface area contributed by atoms with E-state index < -0.39 is 35.7 Å². The summed E-state index contributed by atoms with van der Waals surface area (Å²) < 4.78 is 36.1. The Morgan fingerprint density at radius 2 is 2.00 bits per heavy atom. The lowest BCUT2D eigenvalue weighted by atomic mass is 9.90. The lowest BCUT2D eigenvalue weighted by molar-refractivity contribution is -0.152. The molecule has 0 atom stereocenters. The summed E-state index contributed by atoms with van der Waals surface area (Å²) in [6.45, 7) is -0.126. The fourth-order valence-corrected chi connectivity index (χ4v) is 2.15. The molecule has 8 heteroatoms. The molecular weight excluding hydrogens is 300 g/mol. The van der Waals surface area contributed by atoms with Gasteiger partial charge in [-0.3, -0.25) is 4.79 Å². The SMILES string of the molecule is O=C(COc1ccc(F)cc1F)NC1(C(=O)O)CCOCC1. The van der Waals surface area contributed by atoms with Crippen molar-refractivity contribution in [3.05, 3.63) is 29.8 Å². The molecule has 2 rings (SSSR count). The minimum Gasteiger partial charge on any atom is -0.481 e. The zero-order valence-corrected chi connectivity index (χ0v) is 11.6. The van der Waals surface area contributed by atoms with Crippen molar-refractivity contribution in [3.8, 4) is 5.75 Å². The van der Waals surface area contributed by atoms with Gasteiger partial charge in [-0.1, -0.05) is 0 Å². The van der Waals surface area contributed by atoms with Gasteiger partial charge < -0.3 is 19.9 Å². The third-order valence-electron chi connectivity index (χ3n) is 3.39. The van der Waals surface area contributed by atoms with Gasteiger partial charge in [0.05, 0.1) is 0 Å². The van der Waals surface area contributed by atoms with Crippen LogP contribution in [0.1, 0.15) is 12.8 Å². The average Bonchev–Trinajstić information content (AvgIpc) is 2.47. The summed E-state index contributed by atoms with van der Waals surface area (Å²) >= 11 is 0. The Hall–Kier alpha value is -2.22. The molecule has 0 spiro atoms. The number of carbonyl (C=O) groups excluding carboxylic acids is 1. The first-order valence-electron chi connectivity index (χ1n) is 6.63. The van der Waals surface area contributed by atoms with Crippen LogP contribution in [-0.2, 0) is 14.3 Å². The number of carboxylic acids is 1. The molecule has 1 fully saturated rings. The topological polar surface area (TPSA) is 84.9 Å². The molecule has 0 saturated carbocycles. The zero-order valence-electron chi connectivity index (χ0n) is 11.6. The van der Waals surface area contributed by atoms with Crippen molar-refractivity contribution in [2.75, 3.05) is 19.8 Å². The van der Waals surface area contributed by atoms with Gasteiger partial charge in [0.1, 0.15) is 11.4 Å². The van der Waals surface area contributed by atoms with E-state index in [9.17, 15) is 23.5 Å². The van der Waals surface area contributed by atoms with Crippen LogP contribution < -0.4 is 10.1 Å². The average molecular weight is 315 g/mol. The van der Waals surface area contributed by atoms with Crippen molar-refractivity contribution in [1.29, 1.82) is 0 Å². The maximum Gasteiger partial charge on any atom is 0.329 e. The van der Waals surface area contributed by atoms with Crippen LogP contribution in [0, 0.1) is 11.6 Å². The predicted molar refractivity (Wildman–Crippen MR) is 70.4 cm³/mol. The Bertz CT molecular complexity index is 572. The third-order valence-corrected chi connectivity index (χ3v) is 3.39. The molecule has 0 aromatic heterocycles. The Labute approximate surface area is 125 Å². The summed E-state index contributed by atoms with van der Waals surface area (Å²) in [4.78, 5) is 23.2. The number of rotatable bonds is 5. The molecule has 0 bridgehead atoms. The molecule has 22 heavy (non-hydrogen) atoms. The van der Waals surface area contributed by atoms with Gasteiger partial charge in [-0.05, 0) is 12.1 Å². The number of carboxylic acid groups (broad SMARTS) is 1. The molecule has 2 N–H and O–H groups in total. The highest BCUT2D eigenvalue weighted by Gasteiger charge is 2.41. The highest BCUT2D eigenvalue weighted by Crippen LogP contribution is 2.21. The van der Waals surface area contributed by atoms with E-state index in [0.717, 1.165) is 12.1 Å². The van der Waals surface area contributed by atoms with Crippen molar-refractivity contribution in [3.63, 3.8) is 0 Å². The Morgan fingerprint density at radius 1 is 1.32 bits per heavy atom. The van der Waals surface area contributed by atoms with Gasteiger partial charge in [0.2, 0.25) is 0 Å². The normalized spacial score (nSPS) is 16.8. The van der Waals surface area contributed by atoms with Crippen LogP contribution in [-0.4, -0.2) is 42.3 Å². The molecule has 1 aromatic rings. The predicted octanol–water partition coefficient (Wildman–Crippen LogP) is 1.09. The van der Waals surface area contributed by atoms with E-state index >= 15 is 0 Å². The molecule has 1 aliphatic heterocycles. The van der Waals surface area contributed by atoms with Crippen LogP contribution >= 0.6 is 0 Å². The first-order valence-corrected chi connectivity index (χ1v) is 6.63. The van der Waals surface area contributed by atoms with Crippen LogP contribution in [0.5, 0.6) is 5.75 Å². The van der Waals surface area contributed by atoms with E-state index in [0.29, 0.717) is 6.07 Å². The minimum atomic E-state index is -1.40. The largest absolute Gasteiger partial charge is 0.481 e. The minimum absolute atomic E-state index is 0.138. The summed E-state index contributed by atoms with van der Waals surface area (Å²) in [6.07, 6.45) is 0.276. The van der Waals surface area contributed by atoms with Crippen molar-refractivity contribution >= 4 is 11.9 Å². The van der Waals surface area contributed by atoms with Gasteiger partial charge in [0, 0.05) is 32.1 Å². The van der Waals surface area contributed by atoms with Crippen molar-refractivity contribution in [2.45, 2.75) is 18.4 Å². The van der Waals surface area contributed by atoms with E-state index in [-0.39, 0.29) is 31.8 Å². The molecule has 1 amide bonds. The number of benzene rings is 1. The lowest BCUT2D eigenvalue weighted by Crippen LogP contribution is -2.58. The molecule has 1 aliphatic rings. The van der Waals surface area contributed by atoms with E-state index in [1.54, 1.807) is 0 Å². The highest BCUT2D eigenvalue weighted by molar-refractivity contribution is 5.87. The summed E-state index contributed by atoms with van der Waals surface area (Å²) in [6, 6.07) is 2.68. The summed E-state index contributed by atoms with van der Waals surface area (Å²) in [5.41, 5.74) is -1.40. The smallest absolute Gasteiger partial charge is 0.329 e. The Balaban J connectivity index is 1.95. The van der Waals surface area contributed by atoms with Gasteiger partial charge in [-0.2, -0.15) is 0 Å².